The molecular weight excluding hydrogens is 426 g/mol. The molecule has 0 fully saturated rings. The van der Waals surface area contributed by atoms with Gasteiger partial charge in [0.2, 0.25) is 11.1 Å². The minimum Gasteiger partial charge on any atom is -0.497 e. The zero-order valence-electron chi connectivity index (χ0n) is 18.0. The fraction of sp³-hybridized carbons (Fsp3) is 0.227. The number of hydrogen-bond donors (Lipinski definition) is 1. The van der Waals surface area contributed by atoms with Gasteiger partial charge in [-0.15, -0.1) is 5.10 Å². The van der Waals surface area contributed by atoms with E-state index in [1.165, 1.54) is 11.8 Å². The number of para-hydroxylation sites is 1. The molecule has 0 spiro atoms. The molecule has 0 radical (unpaired) electrons. The van der Waals surface area contributed by atoms with Gasteiger partial charge in [-0.25, -0.2) is 4.68 Å². The van der Waals surface area contributed by atoms with Gasteiger partial charge in [-0.2, -0.15) is 9.78 Å². The van der Waals surface area contributed by atoms with Gasteiger partial charge in [-0.1, -0.05) is 42.1 Å². The number of benzene rings is 2. The van der Waals surface area contributed by atoms with Gasteiger partial charge >= 0.3 is 0 Å². The fourth-order valence-electron chi connectivity index (χ4n) is 3.33. The average Bonchev–Trinajstić information content (AvgIpc) is 3.42. The number of amides is 1. The molecule has 32 heavy (non-hydrogen) atoms. The van der Waals surface area contributed by atoms with Gasteiger partial charge in [0.05, 0.1) is 31.3 Å². The highest BCUT2D eigenvalue weighted by atomic mass is 32.2. The molecule has 0 saturated heterocycles. The maximum absolute atomic E-state index is 12.6. The first-order chi connectivity index (χ1) is 15.5. The summed E-state index contributed by atoms with van der Waals surface area (Å²) < 4.78 is 8.61. The van der Waals surface area contributed by atoms with Crippen molar-refractivity contribution in [1.82, 2.24) is 30.0 Å². The van der Waals surface area contributed by atoms with Gasteiger partial charge in [-0.05, 0) is 53.1 Å². The normalized spacial score (nSPS) is 10.8. The quantitative estimate of drug-likeness (QED) is 0.412. The largest absolute Gasteiger partial charge is 0.497 e. The number of rotatable bonds is 8. The molecule has 0 bridgehead atoms. The Morgan fingerprint density at radius 3 is 2.56 bits per heavy atom. The predicted molar refractivity (Wildman–Crippen MR) is 122 cm³/mol. The molecule has 0 aliphatic rings. The number of tetrazole rings is 1. The molecule has 0 aliphatic heterocycles. The maximum Gasteiger partial charge on any atom is 0.235 e. The van der Waals surface area contributed by atoms with E-state index in [0.717, 1.165) is 28.1 Å². The fourth-order valence-corrected chi connectivity index (χ4v) is 4.00. The minimum atomic E-state index is -0.164. The van der Waals surface area contributed by atoms with Crippen molar-refractivity contribution in [3.05, 3.63) is 71.4 Å². The van der Waals surface area contributed by atoms with Crippen LogP contribution in [0.5, 0.6) is 5.75 Å². The van der Waals surface area contributed by atoms with Crippen LogP contribution in [0.25, 0.3) is 5.69 Å². The number of methoxy groups -OCH3 is 1. The van der Waals surface area contributed by atoms with E-state index in [4.69, 9.17) is 4.74 Å². The van der Waals surface area contributed by atoms with Crippen LogP contribution in [0.2, 0.25) is 0 Å². The van der Waals surface area contributed by atoms with Gasteiger partial charge in [0, 0.05) is 6.07 Å². The smallest absolute Gasteiger partial charge is 0.235 e. The second kappa shape index (κ2) is 9.65. The summed E-state index contributed by atoms with van der Waals surface area (Å²) in [5.74, 6) is 1.42. The van der Waals surface area contributed by atoms with Gasteiger partial charge in [0.25, 0.3) is 0 Å². The van der Waals surface area contributed by atoms with Crippen LogP contribution >= 0.6 is 11.8 Å². The topological polar surface area (TPSA) is 99.8 Å². The number of aryl methyl sites for hydroxylation is 2. The van der Waals surface area contributed by atoms with Gasteiger partial charge < -0.3 is 10.1 Å². The van der Waals surface area contributed by atoms with Crippen molar-refractivity contribution in [2.24, 2.45) is 0 Å². The van der Waals surface area contributed by atoms with Crippen LogP contribution < -0.4 is 10.1 Å². The Bertz CT molecular complexity index is 1200. The van der Waals surface area contributed by atoms with Crippen LogP contribution in [0.4, 0.5) is 5.82 Å². The highest BCUT2D eigenvalue weighted by Gasteiger charge is 2.15. The summed E-state index contributed by atoms with van der Waals surface area (Å²) in [4.78, 5) is 12.6. The van der Waals surface area contributed by atoms with Crippen LogP contribution in [-0.4, -0.2) is 48.8 Å². The van der Waals surface area contributed by atoms with E-state index in [1.54, 1.807) is 28.7 Å². The van der Waals surface area contributed by atoms with Crippen LogP contribution in [0.1, 0.15) is 16.7 Å². The van der Waals surface area contributed by atoms with Crippen molar-refractivity contribution >= 4 is 23.5 Å². The summed E-state index contributed by atoms with van der Waals surface area (Å²) >= 11 is 1.28. The summed E-state index contributed by atoms with van der Waals surface area (Å²) in [5, 5.41) is 19.8. The minimum absolute atomic E-state index is 0.164. The summed E-state index contributed by atoms with van der Waals surface area (Å²) in [6.07, 6.45) is 1.66. The first kappa shape index (κ1) is 21.6. The van der Waals surface area contributed by atoms with E-state index in [0.29, 0.717) is 17.5 Å². The second-order valence-electron chi connectivity index (χ2n) is 7.17. The third-order valence-electron chi connectivity index (χ3n) is 4.90. The maximum atomic E-state index is 12.6. The molecule has 0 atom stereocenters. The van der Waals surface area contributed by atoms with E-state index in [2.05, 4.69) is 25.9 Å². The third kappa shape index (κ3) is 4.80. The molecule has 1 N–H and O–H groups in total. The lowest BCUT2D eigenvalue weighted by Crippen LogP contribution is -2.18. The molecule has 2 aromatic carbocycles. The van der Waals surface area contributed by atoms with Crippen molar-refractivity contribution in [3.63, 3.8) is 0 Å². The highest BCUT2D eigenvalue weighted by Crippen LogP contribution is 2.23. The van der Waals surface area contributed by atoms with Crippen LogP contribution in [0.3, 0.4) is 0 Å². The number of nitrogens with zero attached hydrogens (tertiary/aromatic N) is 6. The molecular formula is C22H23N7O2S. The number of hydrogen-bond acceptors (Lipinski definition) is 7. The summed E-state index contributed by atoms with van der Waals surface area (Å²) in [7, 11) is 1.63. The molecule has 4 aromatic rings. The highest BCUT2D eigenvalue weighted by molar-refractivity contribution is 7.99. The van der Waals surface area contributed by atoms with Crippen LogP contribution in [0.15, 0.2) is 59.9 Å². The Balaban J connectivity index is 1.40. The monoisotopic (exact) mass is 449 g/mol. The molecule has 10 heteroatoms. The summed E-state index contributed by atoms with van der Waals surface area (Å²) in [6.45, 7) is 4.55. The molecule has 1 amide bonds. The molecule has 2 aromatic heterocycles. The third-order valence-corrected chi connectivity index (χ3v) is 5.82. The summed E-state index contributed by atoms with van der Waals surface area (Å²) in [5.41, 5.74) is 4.10. The van der Waals surface area contributed by atoms with Gasteiger partial charge in [0.15, 0.2) is 0 Å². The Labute approximate surface area is 189 Å². The van der Waals surface area contributed by atoms with Crippen molar-refractivity contribution in [2.45, 2.75) is 25.5 Å². The van der Waals surface area contributed by atoms with Crippen molar-refractivity contribution in [2.75, 3.05) is 18.2 Å². The van der Waals surface area contributed by atoms with Gasteiger partial charge in [0.1, 0.15) is 11.6 Å². The molecule has 2 heterocycles. The van der Waals surface area contributed by atoms with Crippen molar-refractivity contribution < 1.29 is 9.53 Å². The Hall–Kier alpha value is -3.66. The van der Waals surface area contributed by atoms with Gasteiger partial charge in [-0.3, -0.25) is 4.79 Å². The Morgan fingerprint density at radius 2 is 1.84 bits per heavy atom. The van der Waals surface area contributed by atoms with E-state index in [-0.39, 0.29) is 11.7 Å². The zero-order chi connectivity index (χ0) is 22.5. The van der Waals surface area contributed by atoms with E-state index < -0.39 is 0 Å². The van der Waals surface area contributed by atoms with Crippen molar-refractivity contribution in [3.8, 4) is 11.4 Å². The first-order valence-electron chi connectivity index (χ1n) is 9.97. The molecule has 164 valence electrons. The Morgan fingerprint density at radius 1 is 1.09 bits per heavy atom. The van der Waals surface area contributed by atoms with Crippen LogP contribution in [-0.2, 0) is 11.3 Å². The standard InChI is InChI=1S/C22H23N7O2S/c1-15-5-4-6-16(2)21(15)29-22(25-26-27-29)32-14-20(30)24-19-11-12-23-28(19)13-17-7-9-18(31-3)10-8-17/h4-12H,13-14H2,1-3H3,(H,24,30). The lowest BCUT2D eigenvalue weighted by molar-refractivity contribution is -0.113. The lowest BCUT2D eigenvalue weighted by Gasteiger charge is -2.11. The molecule has 4 rings (SSSR count). The second-order valence-corrected chi connectivity index (χ2v) is 8.12. The number of aromatic nitrogens is 6. The number of carbonyl (C=O) groups is 1. The number of thioether (sulfide) groups is 1. The summed E-state index contributed by atoms with van der Waals surface area (Å²) in [6, 6.07) is 15.5. The number of carbonyl (C=O) groups excluding carboxylic acids is 1. The van der Waals surface area contributed by atoms with E-state index >= 15 is 0 Å². The van der Waals surface area contributed by atoms with E-state index in [1.807, 2.05) is 56.3 Å². The molecule has 0 aliphatic carbocycles. The Kier molecular flexibility index (Phi) is 6.50. The molecule has 0 unspecified atom stereocenters. The zero-order valence-corrected chi connectivity index (χ0v) is 18.8. The lowest BCUT2D eigenvalue weighted by atomic mass is 10.1. The number of anilines is 1. The average molecular weight is 450 g/mol. The molecule has 9 nitrogen and oxygen atoms in total. The number of nitrogens with one attached hydrogen (secondary N) is 1. The SMILES string of the molecule is COc1ccc(Cn2nccc2NC(=O)CSc2nnnn2-c2c(C)cccc2C)cc1. The van der Waals surface area contributed by atoms with Crippen LogP contribution in [0, 0.1) is 13.8 Å². The number of ether oxygens (including phenoxy) is 1. The first-order valence-corrected chi connectivity index (χ1v) is 11.0. The predicted octanol–water partition coefficient (Wildman–Crippen LogP) is 3.26. The van der Waals surface area contributed by atoms with Crippen molar-refractivity contribution in [1.29, 1.82) is 0 Å². The van der Waals surface area contributed by atoms with E-state index in [9.17, 15) is 4.79 Å². The molecule has 0 saturated carbocycles.